The Hall–Kier alpha value is -3.86. The van der Waals surface area contributed by atoms with Crippen molar-refractivity contribution in [1.82, 2.24) is 9.55 Å². The van der Waals surface area contributed by atoms with E-state index in [2.05, 4.69) is 65.4 Å². The number of benzene rings is 3. The lowest BCUT2D eigenvalue weighted by atomic mass is 9.93. The fourth-order valence-corrected chi connectivity index (χ4v) is 4.34. The zero-order valence-electron chi connectivity index (χ0n) is 18.5. The largest absolute Gasteiger partial charge is 0.329 e. The summed E-state index contributed by atoms with van der Waals surface area (Å²) in [4.78, 5) is 18.4. The number of aryl methyl sites for hydroxylation is 2. The van der Waals surface area contributed by atoms with E-state index in [1.54, 1.807) is 0 Å². The number of allylic oxidation sites excluding steroid dienone is 1. The highest BCUT2D eigenvalue weighted by Crippen LogP contribution is 2.39. The van der Waals surface area contributed by atoms with E-state index in [4.69, 9.17) is 4.98 Å². The van der Waals surface area contributed by atoms with Gasteiger partial charge in [-0.2, -0.15) is 0 Å². The molecule has 0 bridgehead atoms. The molecule has 0 fully saturated rings. The first-order valence-electron chi connectivity index (χ1n) is 11.0. The molecule has 2 N–H and O–H groups in total. The van der Waals surface area contributed by atoms with Gasteiger partial charge in [-0.15, -0.1) is 0 Å². The standard InChI is InChI=1S/C27H26N4O/c1-4-19-11-15-21(16-12-19)29-26(32)24-18(3)28-27-30-22-7-5-6-8-23(22)31(27)25(24)20-13-9-17(2)10-14-20/h5-16,25H,4H2,1-3H3,(H,28,30)(H,29,32)/t25-/m0/s1. The van der Waals surface area contributed by atoms with Crippen LogP contribution in [0.15, 0.2) is 84.1 Å². The minimum atomic E-state index is -0.283. The van der Waals surface area contributed by atoms with Crippen LogP contribution in [0.5, 0.6) is 0 Å². The first kappa shape index (κ1) is 20.1. The number of carbonyl (C=O) groups is 1. The summed E-state index contributed by atoms with van der Waals surface area (Å²) in [6.45, 7) is 6.13. The average molecular weight is 423 g/mol. The molecule has 5 heteroatoms. The molecule has 0 saturated carbocycles. The fraction of sp³-hybridized carbons (Fsp3) is 0.185. The van der Waals surface area contributed by atoms with Gasteiger partial charge in [0.1, 0.15) is 0 Å². The van der Waals surface area contributed by atoms with Crippen molar-refractivity contribution in [2.24, 2.45) is 0 Å². The minimum Gasteiger partial charge on any atom is -0.329 e. The first-order valence-corrected chi connectivity index (χ1v) is 11.0. The topological polar surface area (TPSA) is 59.0 Å². The van der Waals surface area contributed by atoms with Crippen molar-refractivity contribution in [1.29, 1.82) is 0 Å². The minimum absolute atomic E-state index is 0.117. The number of imidazole rings is 1. The van der Waals surface area contributed by atoms with Crippen LogP contribution in [0, 0.1) is 6.92 Å². The van der Waals surface area contributed by atoms with E-state index in [1.165, 1.54) is 11.1 Å². The van der Waals surface area contributed by atoms with Gasteiger partial charge in [0.2, 0.25) is 5.95 Å². The molecule has 0 saturated heterocycles. The van der Waals surface area contributed by atoms with E-state index >= 15 is 0 Å². The van der Waals surface area contributed by atoms with Crippen LogP contribution in [0.25, 0.3) is 11.0 Å². The Morgan fingerprint density at radius 3 is 2.44 bits per heavy atom. The highest BCUT2D eigenvalue weighted by molar-refractivity contribution is 6.06. The van der Waals surface area contributed by atoms with E-state index in [-0.39, 0.29) is 11.9 Å². The number of hydrogen-bond donors (Lipinski definition) is 2. The van der Waals surface area contributed by atoms with Crippen molar-refractivity contribution in [3.8, 4) is 0 Å². The number of fused-ring (bicyclic) bond motifs is 3. The lowest BCUT2D eigenvalue weighted by Gasteiger charge is -2.30. The molecule has 1 aromatic heterocycles. The third-order valence-corrected chi connectivity index (χ3v) is 6.09. The van der Waals surface area contributed by atoms with Crippen molar-refractivity contribution >= 4 is 28.6 Å². The number of hydrogen-bond acceptors (Lipinski definition) is 3. The van der Waals surface area contributed by atoms with Crippen molar-refractivity contribution in [2.75, 3.05) is 10.6 Å². The Kier molecular flexibility index (Phi) is 5.02. The Morgan fingerprint density at radius 1 is 1.00 bits per heavy atom. The molecule has 1 amide bonds. The molecule has 3 aromatic carbocycles. The Balaban J connectivity index is 1.62. The average Bonchev–Trinajstić information content (AvgIpc) is 3.17. The van der Waals surface area contributed by atoms with Gasteiger partial charge < -0.3 is 10.6 Å². The van der Waals surface area contributed by atoms with Gasteiger partial charge in [0, 0.05) is 11.4 Å². The van der Waals surface area contributed by atoms with Crippen molar-refractivity contribution in [2.45, 2.75) is 33.2 Å². The van der Waals surface area contributed by atoms with Crippen LogP contribution in [-0.4, -0.2) is 15.5 Å². The number of anilines is 2. The maximum Gasteiger partial charge on any atom is 0.255 e. The van der Waals surface area contributed by atoms with E-state index in [0.29, 0.717) is 5.57 Å². The maximum absolute atomic E-state index is 13.6. The Bertz CT molecular complexity index is 1330. The number of nitrogens with zero attached hydrogens (tertiary/aromatic N) is 2. The molecular weight excluding hydrogens is 396 g/mol. The summed E-state index contributed by atoms with van der Waals surface area (Å²) >= 11 is 0. The molecule has 0 radical (unpaired) electrons. The molecule has 1 aliphatic heterocycles. The maximum atomic E-state index is 13.6. The predicted octanol–water partition coefficient (Wildman–Crippen LogP) is 5.83. The van der Waals surface area contributed by atoms with Crippen LogP contribution < -0.4 is 10.6 Å². The summed E-state index contributed by atoms with van der Waals surface area (Å²) in [5, 5.41) is 6.47. The van der Waals surface area contributed by atoms with Gasteiger partial charge in [0.25, 0.3) is 5.91 Å². The van der Waals surface area contributed by atoms with E-state index < -0.39 is 0 Å². The van der Waals surface area contributed by atoms with Crippen molar-refractivity contribution < 1.29 is 4.79 Å². The Labute approximate surface area is 187 Å². The summed E-state index contributed by atoms with van der Waals surface area (Å²) in [6.07, 6.45) is 0.967. The lowest BCUT2D eigenvalue weighted by molar-refractivity contribution is -0.113. The molecule has 2 heterocycles. The van der Waals surface area contributed by atoms with Gasteiger partial charge in [-0.1, -0.05) is 61.0 Å². The fourth-order valence-electron chi connectivity index (χ4n) is 4.34. The molecule has 0 spiro atoms. The first-order chi connectivity index (χ1) is 15.5. The van der Waals surface area contributed by atoms with Crippen LogP contribution in [0.4, 0.5) is 11.6 Å². The highest BCUT2D eigenvalue weighted by Gasteiger charge is 2.34. The van der Waals surface area contributed by atoms with Crippen LogP contribution in [0.2, 0.25) is 0 Å². The molecule has 160 valence electrons. The number of amides is 1. The normalized spacial score (nSPS) is 15.4. The molecular formula is C27H26N4O. The van der Waals surface area contributed by atoms with Crippen molar-refractivity contribution in [3.63, 3.8) is 0 Å². The SMILES string of the molecule is CCc1ccc(NC(=O)C2=C(C)Nc3nc4ccccc4n3[C@H]2c2ccc(C)cc2)cc1. The highest BCUT2D eigenvalue weighted by atomic mass is 16.1. The number of para-hydroxylation sites is 2. The molecule has 0 unspecified atom stereocenters. The van der Waals surface area contributed by atoms with E-state index in [9.17, 15) is 4.79 Å². The predicted molar refractivity (Wildman–Crippen MR) is 130 cm³/mol. The Morgan fingerprint density at radius 2 is 1.72 bits per heavy atom. The van der Waals surface area contributed by atoms with Crippen LogP contribution in [-0.2, 0) is 11.2 Å². The van der Waals surface area contributed by atoms with Gasteiger partial charge in [0.05, 0.1) is 22.6 Å². The summed E-state index contributed by atoms with van der Waals surface area (Å²) < 4.78 is 2.13. The second-order valence-corrected chi connectivity index (χ2v) is 8.28. The number of aromatic nitrogens is 2. The molecule has 5 nitrogen and oxygen atoms in total. The van der Waals surface area contributed by atoms with E-state index in [1.807, 2.05) is 43.3 Å². The molecule has 1 aliphatic rings. The summed E-state index contributed by atoms with van der Waals surface area (Å²) in [7, 11) is 0. The zero-order chi connectivity index (χ0) is 22.2. The van der Waals surface area contributed by atoms with Gasteiger partial charge in [-0.05, 0) is 55.7 Å². The molecule has 32 heavy (non-hydrogen) atoms. The zero-order valence-corrected chi connectivity index (χ0v) is 18.5. The van der Waals surface area contributed by atoms with Gasteiger partial charge >= 0.3 is 0 Å². The molecule has 1 atom stereocenters. The summed E-state index contributed by atoms with van der Waals surface area (Å²) in [6, 6.07) is 24.1. The summed E-state index contributed by atoms with van der Waals surface area (Å²) in [5.41, 5.74) is 7.64. The van der Waals surface area contributed by atoms with Gasteiger partial charge in [-0.25, -0.2) is 4.98 Å². The van der Waals surface area contributed by atoms with Gasteiger partial charge in [-0.3, -0.25) is 9.36 Å². The molecule has 5 rings (SSSR count). The van der Waals surface area contributed by atoms with E-state index in [0.717, 1.165) is 40.4 Å². The number of carbonyl (C=O) groups excluding carboxylic acids is 1. The van der Waals surface area contributed by atoms with Crippen LogP contribution >= 0.6 is 0 Å². The third-order valence-electron chi connectivity index (χ3n) is 6.09. The molecule has 4 aromatic rings. The second kappa shape index (κ2) is 8.00. The van der Waals surface area contributed by atoms with Gasteiger partial charge in [0.15, 0.2) is 0 Å². The van der Waals surface area contributed by atoms with Crippen LogP contribution in [0.1, 0.15) is 36.6 Å². The monoisotopic (exact) mass is 422 g/mol. The lowest BCUT2D eigenvalue weighted by Crippen LogP contribution is -2.30. The quantitative estimate of drug-likeness (QED) is 0.435. The summed E-state index contributed by atoms with van der Waals surface area (Å²) in [5.74, 6) is 0.631. The smallest absolute Gasteiger partial charge is 0.255 e. The number of rotatable bonds is 4. The number of nitrogens with one attached hydrogen (secondary N) is 2. The van der Waals surface area contributed by atoms with Crippen molar-refractivity contribution in [3.05, 3.63) is 101 Å². The van der Waals surface area contributed by atoms with Crippen LogP contribution in [0.3, 0.4) is 0 Å². The second-order valence-electron chi connectivity index (χ2n) is 8.28. The third kappa shape index (κ3) is 3.46. The molecule has 0 aliphatic carbocycles.